The van der Waals surface area contributed by atoms with E-state index in [4.69, 9.17) is 5.73 Å². The summed E-state index contributed by atoms with van der Waals surface area (Å²) in [4.78, 5) is 2.39. The first-order chi connectivity index (χ1) is 8.72. The van der Waals surface area contributed by atoms with Crippen LogP contribution in [0.3, 0.4) is 0 Å². The van der Waals surface area contributed by atoms with Gasteiger partial charge in [0.1, 0.15) is 0 Å². The van der Waals surface area contributed by atoms with Crippen molar-refractivity contribution in [3.8, 4) is 0 Å². The van der Waals surface area contributed by atoms with Crippen molar-refractivity contribution in [2.24, 2.45) is 12.8 Å². The highest BCUT2D eigenvalue weighted by atomic mass is 15.2. The van der Waals surface area contributed by atoms with Crippen LogP contribution in [-0.4, -0.2) is 21.2 Å². The molecule has 1 aromatic carbocycles. The highest BCUT2D eigenvalue weighted by Gasteiger charge is 2.21. The fourth-order valence-corrected chi connectivity index (χ4v) is 2.55. The first-order valence-corrected chi connectivity index (χ1v) is 6.25. The van der Waals surface area contributed by atoms with Gasteiger partial charge in [-0.25, -0.2) is 0 Å². The molecule has 4 heteroatoms. The Morgan fingerprint density at radius 1 is 1.28 bits per heavy atom. The van der Waals surface area contributed by atoms with Crippen LogP contribution in [0.4, 0.5) is 0 Å². The van der Waals surface area contributed by atoms with Gasteiger partial charge in [0.25, 0.3) is 0 Å². The summed E-state index contributed by atoms with van der Waals surface area (Å²) in [6.07, 6.45) is 3.85. The molecule has 0 amide bonds. The van der Waals surface area contributed by atoms with Crippen LogP contribution in [0.15, 0.2) is 36.7 Å². The molecule has 18 heavy (non-hydrogen) atoms. The van der Waals surface area contributed by atoms with Gasteiger partial charge in [-0.3, -0.25) is 9.58 Å². The molecule has 2 N–H and O–H groups in total. The van der Waals surface area contributed by atoms with Gasteiger partial charge in [0.05, 0.1) is 6.20 Å². The van der Waals surface area contributed by atoms with E-state index in [1.165, 1.54) is 11.1 Å². The minimum atomic E-state index is 0.0352. The van der Waals surface area contributed by atoms with Crippen molar-refractivity contribution >= 4 is 0 Å². The molecule has 0 spiro atoms. The van der Waals surface area contributed by atoms with Gasteiger partial charge in [0.2, 0.25) is 0 Å². The molecular formula is C14H18N4. The van der Waals surface area contributed by atoms with Gasteiger partial charge in [-0.15, -0.1) is 0 Å². The van der Waals surface area contributed by atoms with Crippen molar-refractivity contribution in [2.45, 2.75) is 19.1 Å². The molecule has 0 aliphatic carbocycles. The summed E-state index contributed by atoms with van der Waals surface area (Å²) in [6.45, 7) is 2.88. The predicted octanol–water partition coefficient (Wildman–Crippen LogP) is 1.44. The lowest BCUT2D eigenvalue weighted by Gasteiger charge is -2.19. The highest BCUT2D eigenvalue weighted by molar-refractivity contribution is 5.30. The maximum Gasteiger partial charge on any atom is 0.0537 e. The normalized spacial score (nSPS) is 16.8. The van der Waals surface area contributed by atoms with Crippen LogP contribution in [-0.2, 0) is 20.1 Å². The third kappa shape index (κ3) is 2.17. The van der Waals surface area contributed by atoms with Crippen LogP contribution in [0.5, 0.6) is 0 Å². The number of aryl methyl sites for hydroxylation is 1. The molecule has 0 saturated carbocycles. The zero-order valence-electron chi connectivity index (χ0n) is 10.6. The molecule has 0 radical (unpaired) electrons. The van der Waals surface area contributed by atoms with Gasteiger partial charge in [-0.2, -0.15) is 5.10 Å². The quantitative estimate of drug-likeness (QED) is 0.886. The third-order valence-electron chi connectivity index (χ3n) is 3.51. The van der Waals surface area contributed by atoms with E-state index in [1.807, 2.05) is 19.4 Å². The topological polar surface area (TPSA) is 47.1 Å². The van der Waals surface area contributed by atoms with Crippen molar-refractivity contribution in [3.63, 3.8) is 0 Å². The Hall–Kier alpha value is -1.65. The number of aromatic nitrogens is 2. The molecular weight excluding hydrogens is 224 g/mol. The molecule has 1 unspecified atom stereocenters. The van der Waals surface area contributed by atoms with Crippen LogP contribution in [0, 0.1) is 0 Å². The Bertz CT molecular complexity index is 521. The van der Waals surface area contributed by atoms with Crippen molar-refractivity contribution in [2.75, 3.05) is 6.54 Å². The molecule has 2 heterocycles. The SMILES string of the molecule is Cn1cc(C(N)CN2Cc3ccccc3C2)cn1. The molecule has 1 atom stereocenters. The Kier molecular flexibility index (Phi) is 2.89. The molecule has 0 saturated heterocycles. The summed E-state index contributed by atoms with van der Waals surface area (Å²) in [5, 5.41) is 4.17. The van der Waals surface area contributed by atoms with Gasteiger partial charge in [-0.05, 0) is 11.1 Å². The Morgan fingerprint density at radius 2 is 1.94 bits per heavy atom. The summed E-state index contributed by atoms with van der Waals surface area (Å²) < 4.78 is 1.80. The molecule has 1 aliphatic heterocycles. The van der Waals surface area contributed by atoms with E-state index in [-0.39, 0.29) is 6.04 Å². The van der Waals surface area contributed by atoms with Crippen LogP contribution < -0.4 is 5.73 Å². The zero-order chi connectivity index (χ0) is 12.5. The summed E-state index contributed by atoms with van der Waals surface area (Å²) in [5.74, 6) is 0. The molecule has 1 aliphatic rings. The second-order valence-corrected chi connectivity index (χ2v) is 4.99. The minimum Gasteiger partial charge on any atom is -0.323 e. The average Bonchev–Trinajstić information content (AvgIpc) is 2.94. The van der Waals surface area contributed by atoms with Crippen LogP contribution >= 0.6 is 0 Å². The number of fused-ring (bicyclic) bond motifs is 1. The van der Waals surface area contributed by atoms with Gasteiger partial charge in [0, 0.05) is 44.5 Å². The number of rotatable bonds is 3. The van der Waals surface area contributed by atoms with E-state index in [9.17, 15) is 0 Å². The number of hydrogen-bond donors (Lipinski definition) is 1. The third-order valence-corrected chi connectivity index (χ3v) is 3.51. The molecule has 0 bridgehead atoms. The summed E-state index contributed by atoms with van der Waals surface area (Å²) in [5.41, 5.74) is 10.2. The van der Waals surface area contributed by atoms with Gasteiger partial charge >= 0.3 is 0 Å². The second kappa shape index (κ2) is 4.55. The van der Waals surface area contributed by atoms with Crippen LogP contribution in [0.1, 0.15) is 22.7 Å². The Labute approximate surface area is 107 Å². The van der Waals surface area contributed by atoms with Crippen LogP contribution in [0.2, 0.25) is 0 Å². The molecule has 2 aromatic rings. The Morgan fingerprint density at radius 3 is 2.50 bits per heavy atom. The van der Waals surface area contributed by atoms with Crippen molar-refractivity contribution in [1.82, 2.24) is 14.7 Å². The van der Waals surface area contributed by atoms with E-state index in [1.54, 1.807) is 4.68 Å². The van der Waals surface area contributed by atoms with E-state index < -0.39 is 0 Å². The number of hydrogen-bond acceptors (Lipinski definition) is 3. The van der Waals surface area contributed by atoms with Gasteiger partial charge < -0.3 is 5.73 Å². The maximum absolute atomic E-state index is 6.23. The van der Waals surface area contributed by atoms with Crippen molar-refractivity contribution < 1.29 is 0 Å². The number of benzene rings is 1. The van der Waals surface area contributed by atoms with Gasteiger partial charge in [-0.1, -0.05) is 24.3 Å². The molecule has 4 nitrogen and oxygen atoms in total. The van der Waals surface area contributed by atoms with E-state index >= 15 is 0 Å². The van der Waals surface area contributed by atoms with Crippen molar-refractivity contribution in [3.05, 3.63) is 53.3 Å². The highest BCUT2D eigenvalue weighted by Crippen LogP contribution is 2.23. The number of nitrogens with zero attached hydrogens (tertiary/aromatic N) is 3. The molecule has 3 rings (SSSR count). The van der Waals surface area contributed by atoms with E-state index in [2.05, 4.69) is 34.3 Å². The largest absolute Gasteiger partial charge is 0.323 e. The maximum atomic E-state index is 6.23. The zero-order valence-corrected chi connectivity index (χ0v) is 10.6. The summed E-state index contributed by atoms with van der Waals surface area (Å²) in [7, 11) is 1.92. The standard InChI is InChI=1S/C14H18N4/c1-17-7-13(6-16-17)14(15)10-18-8-11-4-2-3-5-12(11)9-18/h2-7,14H,8-10,15H2,1H3. The van der Waals surface area contributed by atoms with E-state index in [0.717, 1.165) is 25.2 Å². The first kappa shape index (κ1) is 11.4. The molecule has 1 aromatic heterocycles. The fourth-order valence-electron chi connectivity index (χ4n) is 2.55. The smallest absolute Gasteiger partial charge is 0.0537 e. The average molecular weight is 242 g/mol. The monoisotopic (exact) mass is 242 g/mol. The lowest BCUT2D eigenvalue weighted by Crippen LogP contribution is -2.28. The molecule has 0 fully saturated rings. The summed E-state index contributed by atoms with van der Waals surface area (Å²) in [6, 6.07) is 8.64. The minimum absolute atomic E-state index is 0.0352. The lowest BCUT2D eigenvalue weighted by molar-refractivity contribution is 0.266. The van der Waals surface area contributed by atoms with Gasteiger partial charge in [0.15, 0.2) is 0 Å². The summed E-state index contributed by atoms with van der Waals surface area (Å²) >= 11 is 0. The van der Waals surface area contributed by atoms with Crippen LogP contribution in [0.25, 0.3) is 0 Å². The lowest BCUT2D eigenvalue weighted by atomic mass is 10.1. The predicted molar refractivity (Wildman–Crippen MR) is 70.7 cm³/mol. The van der Waals surface area contributed by atoms with Crippen molar-refractivity contribution in [1.29, 1.82) is 0 Å². The fraction of sp³-hybridized carbons (Fsp3) is 0.357. The van der Waals surface area contributed by atoms with E-state index in [0.29, 0.717) is 0 Å². The Balaban J connectivity index is 1.66. The second-order valence-electron chi connectivity index (χ2n) is 4.99. The first-order valence-electron chi connectivity index (χ1n) is 6.25. The number of nitrogens with two attached hydrogens (primary N) is 1. The molecule has 94 valence electrons.